The summed E-state index contributed by atoms with van der Waals surface area (Å²) in [4.78, 5) is 28.4. The Morgan fingerprint density at radius 2 is 1.56 bits per heavy atom. The number of hydrogen-bond donors (Lipinski definition) is 1. The number of sulfonamides is 1. The highest BCUT2D eigenvalue weighted by molar-refractivity contribution is 7.92. The minimum Gasteiger partial charge on any atom is -0.352 e. The van der Waals surface area contributed by atoms with Crippen molar-refractivity contribution in [1.82, 2.24) is 10.2 Å². The molecule has 0 aromatic heterocycles. The molecule has 7 nitrogen and oxygen atoms in total. The van der Waals surface area contributed by atoms with E-state index in [-0.39, 0.29) is 39.1 Å². The number of benzene rings is 3. The van der Waals surface area contributed by atoms with E-state index < -0.39 is 28.5 Å². The summed E-state index contributed by atoms with van der Waals surface area (Å²) in [6.07, 6.45) is 0.723. The molecular weight excluding hydrogens is 557 g/mol. The number of nitrogens with one attached hydrogen (secondary N) is 1. The molecule has 0 spiro atoms. The van der Waals surface area contributed by atoms with E-state index in [1.54, 1.807) is 25.1 Å². The van der Waals surface area contributed by atoms with Crippen LogP contribution in [0.15, 0.2) is 77.7 Å². The molecule has 0 radical (unpaired) electrons. The van der Waals surface area contributed by atoms with Crippen molar-refractivity contribution in [1.29, 1.82) is 0 Å². The zero-order valence-corrected chi connectivity index (χ0v) is 24.7. The third-order valence-electron chi connectivity index (χ3n) is 6.45. The highest BCUT2D eigenvalue weighted by Crippen LogP contribution is 2.35. The average molecular weight is 591 g/mol. The number of halogens is 2. The molecule has 1 N–H and O–H groups in total. The molecule has 2 atom stereocenters. The summed E-state index contributed by atoms with van der Waals surface area (Å²) in [5.74, 6) is -0.903. The number of carbonyl (C=O) groups excluding carboxylic acids is 2. The smallest absolute Gasteiger partial charge is 0.264 e. The van der Waals surface area contributed by atoms with Gasteiger partial charge in [0.1, 0.15) is 12.6 Å². The summed E-state index contributed by atoms with van der Waals surface area (Å²) in [6.45, 7) is 6.82. The van der Waals surface area contributed by atoms with Crippen LogP contribution in [-0.4, -0.2) is 43.8 Å². The zero-order valence-electron chi connectivity index (χ0n) is 22.4. The molecule has 3 aromatic carbocycles. The van der Waals surface area contributed by atoms with E-state index in [1.807, 2.05) is 51.1 Å². The van der Waals surface area contributed by atoms with Gasteiger partial charge in [0.05, 0.1) is 20.6 Å². The fraction of sp³-hybridized carbons (Fsp3) is 0.310. The second-order valence-corrected chi connectivity index (χ2v) is 12.0. The predicted molar refractivity (Wildman–Crippen MR) is 157 cm³/mol. The van der Waals surface area contributed by atoms with Gasteiger partial charge in [-0.25, -0.2) is 8.42 Å². The summed E-state index contributed by atoms with van der Waals surface area (Å²) >= 11 is 12.7. The number of rotatable bonds is 11. The molecule has 3 rings (SSSR count). The second-order valence-electron chi connectivity index (χ2n) is 9.40. The van der Waals surface area contributed by atoms with Gasteiger partial charge in [0.15, 0.2) is 0 Å². The topological polar surface area (TPSA) is 86.8 Å². The van der Waals surface area contributed by atoms with Crippen LogP contribution in [0.3, 0.4) is 0 Å². The molecule has 0 aliphatic carbocycles. The third kappa shape index (κ3) is 7.53. The molecule has 2 amide bonds. The van der Waals surface area contributed by atoms with Crippen LogP contribution in [0, 0.1) is 6.92 Å². The Balaban J connectivity index is 2.05. The van der Waals surface area contributed by atoms with E-state index in [0.717, 1.165) is 21.9 Å². The minimum atomic E-state index is -4.24. The first kappa shape index (κ1) is 30.5. The number of hydrogen-bond acceptors (Lipinski definition) is 4. The molecular formula is C29H33Cl2N3O4S. The van der Waals surface area contributed by atoms with E-state index in [2.05, 4.69) is 5.32 Å². The largest absolute Gasteiger partial charge is 0.352 e. The van der Waals surface area contributed by atoms with Crippen molar-refractivity contribution in [3.8, 4) is 0 Å². The van der Waals surface area contributed by atoms with Crippen molar-refractivity contribution in [3.63, 3.8) is 0 Å². The Kier molecular flexibility index (Phi) is 10.4. The van der Waals surface area contributed by atoms with E-state index in [0.29, 0.717) is 0 Å². The van der Waals surface area contributed by atoms with Crippen LogP contribution in [0.2, 0.25) is 10.0 Å². The molecule has 0 heterocycles. The molecule has 39 heavy (non-hydrogen) atoms. The first-order valence-electron chi connectivity index (χ1n) is 12.6. The van der Waals surface area contributed by atoms with E-state index in [4.69, 9.17) is 23.2 Å². The molecule has 0 aliphatic heterocycles. The van der Waals surface area contributed by atoms with Gasteiger partial charge in [0, 0.05) is 12.6 Å². The average Bonchev–Trinajstić information content (AvgIpc) is 2.92. The fourth-order valence-electron chi connectivity index (χ4n) is 3.86. The van der Waals surface area contributed by atoms with Gasteiger partial charge in [-0.15, -0.1) is 0 Å². The lowest BCUT2D eigenvalue weighted by molar-refractivity contribution is -0.139. The van der Waals surface area contributed by atoms with Gasteiger partial charge in [0.25, 0.3) is 10.0 Å². The molecule has 0 aliphatic rings. The third-order valence-corrected chi connectivity index (χ3v) is 9.03. The van der Waals surface area contributed by atoms with Gasteiger partial charge in [-0.1, -0.05) is 84.2 Å². The van der Waals surface area contributed by atoms with Crippen molar-refractivity contribution in [2.45, 2.75) is 57.6 Å². The van der Waals surface area contributed by atoms with E-state index >= 15 is 0 Å². The Morgan fingerprint density at radius 1 is 0.923 bits per heavy atom. The second kappa shape index (κ2) is 13.3. The number of anilines is 1. The van der Waals surface area contributed by atoms with Gasteiger partial charge >= 0.3 is 0 Å². The monoisotopic (exact) mass is 589 g/mol. The molecule has 3 aromatic rings. The molecule has 0 bridgehead atoms. The molecule has 0 unspecified atom stereocenters. The highest BCUT2D eigenvalue weighted by atomic mass is 35.5. The van der Waals surface area contributed by atoms with Crippen LogP contribution in [0.4, 0.5) is 5.69 Å². The predicted octanol–water partition coefficient (Wildman–Crippen LogP) is 5.83. The van der Waals surface area contributed by atoms with E-state index in [9.17, 15) is 18.0 Å². The Labute approximate surface area is 240 Å². The van der Waals surface area contributed by atoms with E-state index in [1.165, 1.54) is 29.2 Å². The number of carbonyl (C=O) groups is 2. The van der Waals surface area contributed by atoms with Gasteiger partial charge in [-0.2, -0.15) is 0 Å². The fourth-order valence-corrected chi connectivity index (χ4v) is 5.74. The first-order chi connectivity index (χ1) is 18.4. The van der Waals surface area contributed by atoms with Crippen LogP contribution >= 0.6 is 23.2 Å². The van der Waals surface area contributed by atoms with Crippen LogP contribution in [-0.2, 0) is 26.2 Å². The van der Waals surface area contributed by atoms with Crippen molar-refractivity contribution >= 4 is 50.7 Å². The molecule has 0 fully saturated rings. The summed E-state index contributed by atoms with van der Waals surface area (Å²) in [5.41, 5.74) is 1.74. The maximum atomic E-state index is 13.9. The van der Waals surface area contributed by atoms with Gasteiger partial charge in [0.2, 0.25) is 11.8 Å². The van der Waals surface area contributed by atoms with Crippen LogP contribution in [0.5, 0.6) is 0 Å². The van der Waals surface area contributed by atoms with Crippen LogP contribution in [0.1, 0.15) is 38.3 Å². The lowest BCUT2D eigenvalue weighted by atomic mass is 10.1. The first-order valence-corrected chi connectivity index (χ1v) is 14.8. The normalized spacial score (nSPS) is 12.9. The quantitative estimate of drug-likeness (QED) is 0.305. The minimum absolute atomic E-state index is 0.000162. The maximum Gasteiger partial charge on any atom is 0.264 e. The lowest BCUT2D eigenvalue weighted by Crippen LogP contribution is -2.52. The van der Waals surface area contributed by atoms with Gasteiger partial charge < -0.3 is 10.2 Å². The maximum absolute atomic E-state index is 13.9. The Bertz CT molecular complexity index is 1400. The van der Waals surface area contributed by atoms with Crippen molar-refractivity contribution < 1.29 is 18.0 Å². The molecule has 0 saturated heterocycles. The van der Waals surface area contributed by atoms with Crippen LogP contribution < -0.4 is 9.62 Å². The highest BCUT2D eigenvalue weighted by Gasteiger charge is 2.33. The SMILES string of the molecule is CC[C@@H](C)NC(=O)[C@@H](C)N(Cc1ccccc1)C(=O)CN(c1cccc(Cl)c1Cl)S(=O)(=O)c1ccc(C)cc1. The Hall–Kier alpha value is -3.07. The zero-order chi connectivity index (χ0) is 28.7. The summed E-state index contributed by atoms with van der Waals surface area (Å²) in [5, 5.41) is 3.06. The number of nitrogens with zero attached hydrogens (tertiary/aromatic N) is 2. The van der Waals surface area contributed by atoms with Crippen molar-refractivity contribution in [2.24, 2.45) is 0 Å². The molecule has 208 valence electrons. The number of amides is 2. The summed E-state index contributed by atoms with van der Waals surface area (Å²) < 4.78 is 28.7. The molecule has 10 heteroatoms. The van der Waals surface area contributed by atoms with Crippen molar-refractivity contribution in [3.05, 3.63) is 94.0 Å². The number of aryl methyl sites for hydroxylation is 1. The standard InChI is InChI=1S/C29H33Cl2N3O4S/c1-5-21(3)32-29(36)22(4)33(18-23-10-7-6-8-11-23)27(35)19-34(26-13-9-12-25(30)28(26)31)39(37,38)24-16-14-20(2)15-17-24/h6-17,21-22H,5,18-19H2,1-4H3,(H,32,36)/t21-,22-/m1/s1. The summed E-state index contributed by atoms with van der Waals surface area (Å²) in [7, 11) is -4.24. The van der Waals surface area contributed by atoms with Crippen LogP contribution in [0.25, 0.3) is 0 Å². The summed E-state index contributed by atoms with van der Waals surface area (Å²) in [6, 6.07) is 19.2. The van der Waals surface area contributed by atoms with Gasteiger partial charge in [-0.3, -0.25) is 13.9 Å². The van der Waals surface area contributed by atoms with Crippen molar-refractivity contribution in [2.75, 3.05) is 10.8 Å². The molecule has 0 saturated carbocycles. The Morgan fingerprint density at radius 3 is 2.18 bits per heavy atom. The lowest BCUT2D eigenvalue weighted by Gasteiger charge is -2.32. The van der Waals surface area contributed by atoms with Gasteiger partial charge in [-0.05, 0) is 57.0 Å².